The Bertz CT molecular complexity index is 2670. The zero-order valence-electron chi connectivity index (χ0n) is 26.2. The monoisotopic (exact) mass is 610 g/mol. The standard InChI is InChI=1S/C46H30N2/c1-3-14-30(15-4-1)38-28-43(47-42-24-11-9-21-35(38)42)32-18-13-19-33(26-32)48-44-25-12-10-22-36(44)40-27-39-34-20-7-8-23-37(34)46(41(39)29-45(40)48)31-16-5-2-6-17-31/h1-29,46H. The quantitative estimate of drug-likeness (QED) is 0.194. The van der Waals surface area contributed by atoms with E-state index >= 15 is 0 Å². The maximum absolute atomic E-state index is 5.18. The van der Waals surface area contributed by atoms with Gasteiger partial charge < -0.3 is 4.57 Å². The molecule has 2 heterocycles. The summed E-state index contributed by atoms with van der Waals surface area (Å²) in [7, 11) is 0. The van der Waals surface area contributed by atoms with Crippen LogP contribution in [0.5, 0.6) is 0 Å². The molecule has 1 atom stereocenters. The van der Waals surface area contributed by atoms with Crippen LogP contribution < -0.4 is 0 Å². The highest BCUT2D eigenvalue weighted by atomic mass is 15.0. The first kappa shape index (κ1) is 26.9. The van der Waals surface area contributed by atoms with Crippen molar-refractivity contribution in [3.05, 3.63) is 193 Å². The van der Waals surface area contributed by atoms with E-state index in [9.17, 15) is 0 Å². The molecule has 0 radical (unpaired) electrons. The number of pyridine rings is 1. The maximum Gasteiger partial charge on any atom is 0.0716 e. The maximum atomic E-state index is 5.18. The van der Waals surface area contributed by atoms with Crippen molar-refractivity contribution in [1.82, 2.24) is 9.55 Å². The van der Waals surface area contributed by atoms with Gasteiger partial charge in [0.15, 0.2) is 0 Å². The lowest BCUT2D eigenvalue weighted by atomic mass is 9.89. The lowest BCUT2D eigenvalue weighted by Gasteiger charge is -2.16. The second-order valence-electron chi connectivity index (χ2n) is 12.7. The molecule has 224 valence electrons. The fraction of sp³-hybridized carbons (Fsp3) is 0.0217. The van der Waals surface area contributed by atoms with E-state index in [2.05, 4.69) is 180 Å². The lowest BCUT2D eigenvalue weighted by Crippen LogP contribution is -2.00. The van der Waals surface area contributed by atoms with Crippen LogP contribution in [0, 0.1) is 0 Å². The average Bonchev–Trinajstić information content (AvgIpc) is 3.66. The third kappa shape index (κ3) is 4.09. The summed E-state index contributed by atoms with van der Waals surface area (Å²) in [5, 5.41) is 3.69. The van der Waals surface area contributed by atoms with E-state index in [1.807, 2.05) is 0 Å². The summed E-state index contributed by atoms with van der Waals surface area (Å²) in [5.74, 6) is 0.192. The fourth-order valence-corrected chi connectivity index (χ4v) is 7.93. The van der Waals surface area contributed by atoms with Gasteiger partial charge in [-0.15, -0.1) is 0 Å². The number of hydrogen-bond acceptors (Lipinski definition) is 1. The van der Waals surface area contributed by atoms with Crippen LogP contribution in [0.2, 0.25) is 0 Å². The number of aromatic nitrogens is 2. The third-order valence-corrected chi connectivity index (χ3v) is 10.1. The van der Waals surface area contributed by atoms with Gasteiger partial charge in [0.05, 0.1) is 22.2 Å². The van der Waals surface area contributed by atoms with E-state index in [1.54, 1.807) is 0 Å². The summed E-state index contributed by atoms with van der Waals surface area (Å²) in [6, 6.07) is 63.8. The van der Waals surface area contributed by atoms with Gasteiger partial charge in [0.25, 0.3) is 0 Å². The Morgan fingerprint density at radius 3 is 2.00 bits per heavy atom. The van der Waals surface area contributed by atoms with Crippen molar-refractivity contribution in [2.24, 2.45) is 0 Å². The summed E-state index contributed by atoms with van der Waals surface area (Å²) < 4.78 is 2.44. The number of nitrogens with zero attached hydrogens (tertiary/aromatic N) is 2. The van der Waals surface area contributed by atoms with Gasteiger partial charge in [-0.1, -0.05) is 133 Å². The molecule has 0 bridgehead atoms. The van der Waals surface area contributed by atoms with E-state index < -0.39 is 0 Å². The van der Waals surface area contributed by atoms with E-state index in [0.29, 0.717) is 0 Å². The summed E-state index contributed by atoms with van der Waals surface area (Å²) in [6.45, 7) is 0. The largest absolute Gasteiger partial charge is 0.309 e. The van der Waals surface area contributed by atoms with Gasteiger partial charge >= 0.3 is 0 Å². The van der Waals surface area contributed by atoms with Gasteiger partial charge in [-0.3, -0.25) is 0 Å². The highest BCUT2D eigenvalue weighted by Crippen LogP contribution is 2.50. The van der Waals surface area contributed by atoms with Crippen LogP contribution >= 0.6 is 0 Å². The predicted molar refractivity (Wildman–Crippen MR) is 200 cm³/mol. The van der Waals surface area contributed by atoms with Crippen molar-refractivity contribution >= 4 is 32.7 Å². The molecule has 2 heteroatoms. The Morgan fingerprint density at radius 1 is 0.417 bits per heavy atom. The second-order valence-corrected chi connectivity index (χ2v) is 12.7. The average molecular weight is 611 g/mol. The van der Waals surface area contributed by atoms with E-state index in [1.165, 1.54) is 60.8 Å². The Kier molecular flexibility index (Phi) is 5.97. The number of rotatable bonds is 4. The van der Waals surface area contributed by atoms with Gasteiger partial charge in [0.1, 0.15) is 0 Å². The lowest BCUT2D eigenvalue weighted by molar-refractivity contribution is 1.01. The minimum Gasteiger partial charge on any atom is -0.309 e. The molecule has 9 aromatic rings. The number of hydrogen-bond donors (Lipinski definition) is 0. The molecule has 0 N–H and O–H groups in total. The molecule has 2 nitrogen and oxygen atoms in total. The van der Waals surface area contributed by atoms with Crippen molar-refractivity contribution < 1.29 is 0 Å². The zero-order valence-corrected chi connectivity index (χ0v) is 26.2. The Labute approximate surface area is 279 Å². The fourth-order valence-electron chi connectivity index (χ4n) is 7.93. The summed E-state index contributed by atoms with van der Waals surface area (Å²) in [4.78, 5) is 5.18. The van der Waals surface area contributed by atoms with Crippen LogP contribution in [0.25, 0.3) is 71.9 Å². The van der Waals surface area contributed by atoms with Crippen LogP contribution in [0.3, 0.4) is 0 Å². The summed E-state index contributed by atoms with van der Waals surface area (Å²) >= 11 is 0. The number of para-hydroxylation sites is 2. The first-order chi connectivity index (χ1) is 23.8. The van der Waals surface area contributed by atoms with Crippen LogP contribution in [0.1, 0.15) is 22.6 Å². The van der Waals surface area contributed by atoms with Gasteiger partial charge in [0, 0.05) is 33.3 Å². The molecule has 0 saturated heterocycles. The molecule has 48 heavy (non-hydrogen) atoms. The molecule has 2 aromatic heterocycles. The van der Waals surface area contributed by atoms with Crippen molar-refractivity contribution in [1.29, 1.82) is 0 Å². The Hall–Kier alpha value is -6.25. The minimum absolute atomic E-state index is 0.192. The second kappa shape index (κ2) is 10.7. The van der Waals surface area contributed by atoms with Crippen molar-refractivity contribution in [3.63, 3.8) is 0 Å². The topological polar surface area (TPSA) is 17.8 Å². The van der Waals surface area contributed by atoms with Gasteiger partial charge in [-0.2, -0.15) is 0 Å². The van der Waals surface area contributed by atoms with E-state index in [0.717, 1.165) is 27.8 Å². The molecule has 0 spiro atoms. The highest BCUT2D eigenvalue weighted by Gasteiger charge is 2.31. The van der Waals surface area contributed by atoms with Crippen LogP contribution in [-0.4, -0.2) is 9.55 Å². The third-order valence-electron chi connectivity index (χ3n) is 10.1. The Balaban J connectivity index is 1.20. The first-order valence-corrected chi connectivity index (χ1v) is 16.6. The normalized spacial score (nSPS) is 13.6. The van der Waals surface area contributed by atoms with Crippen molar-refractivity contribution in [2.45, 2.75) is 5.92 Å². The zero-order chi connectivity index (χ0) is 31.6. The molecule has 10 rings (SSSR count). The van der Waals surface area contributed by atoms with Gasteiger partial charge in [-0.25, -0.2) is 4.98 Å². The summed E-state index contributed by atoms with van der Waals surface area (Å²) in [6.07, 6.45) is 0. The van der Waals surface area contributed by atoms with Gasteiger partial charge in [-0.05, 0) is 81.4 Å². The first-order valence-electron chi connectivity index (χ1n) is 16.6. The molecule has 0 fully saturated rings. The van der Waals surface area contributed by atoms with E-state index in [4.69, 9.17) is 4.98 Å². The SMILES string of the molecule is c1ccc(-c2cc(-c3cccc(-n4c5ccccc5c5cc6c(cc54)C(c4ccccc4)c4ccccc4-6)c3)nc3ccccc23)cc1. The molecule has 0 amide bonds. The molecule has 1 aliphatic rings. The van der Waals surface area contributed by atoms with Crippen LogP contribution in [0.4, 0.5) is 0 Å². The van der Waals surface area contributed by atoms with Crippen molar-refractivity contribution in [2.75, 3.05) is 0 Å². The number of benzene rings is 7. The van der Waals surface area contributed by atoms with Crippen LogP contribution in [0.15, 0.2) is 176 Å². The minimum atomic E-state index is 0.192. The van der Waals surface area contributed by atoms with Crippen LogP contribution in [-0.2, 0) is 0 Å². The molecular weight excluding hydrogens is 581 g/mol. The predicted octanol–water partition coefficient (Wildman–Crippen LogP) is 11.8. The Morgan fingerprint density at radius 2 is 1.12 bits per heavy atom. The molecular formula is C46H30N2. The molecule has 1 aliphatic carbocycles. The molecule has 0 aliphatic heterocycles. The molecule has 0 saturated carbocycles. The van der Waals surface area contributed by atoms with E-state index in [-0.39, 0.29) is 5.92 Å². The molecule has 7 aromatic carbocycles. The van der Waals surface area contributed by atoms with Gasteiger partial charge in [0.2, 0.25) is 0 Å². The highest BCUT2D eigenvalue weighted by molar-refractivity contribution is 6.11. The van der Waals surface area contributed by atoms with Crippen molar-refractivity contribution in [3.8, 4) is 39.2 Å². The number of fused-ring (bicyclic) bond motifs is 7. The molecule has 1 unspecified atom stereocenters. The summed E-state index contributed by atoms with van der Waals surface area (Å²) in [5.41, 5.74) is 15.7. The smallest absolute Gasteiger partial charge is 0.0716 e.